The minimum atomic E-state index is -0.424. The van der Waals surface area contributed by atoms with Crippen LogP contribution in [0.25, 0.3) is 11.0 Å². The van der Waals surface area contributed by atoms with E-state index in [2.05, 4.69) is 21.2 Å². The summed E-state index contributed by atoms with van der Waals surface area (Å²) < 4.78 is 19.1. The number of benzene rings is 2. The lowest BCUT2D eigenvalue weighted by molar-refractivity contribution is 0.559. The van der Waals surface area contributed by atoms with Gasteiger partial charge in [-0.2, -0.15) is 0 Å². The summed E-state index contributed by atoms with van der Waals surface area (Å²) in [5, 5.41) is 4.21. The van der Waals surface area contributed by atoms with Crippen LogP contribution in [0.3, 0.4) is 0 Å². The summed E-state index contributed by atoms with van der Waals surface area (Å²) in [5.41, 5.74) is 1.46. The van der Waals surface area contributed by atoms with Crippen molar-refractivity contribution in [2.45, 2.75) is 6.54 Å². The predicted molar refractivity (Wildman–Crippen MR) is 88.9 cm³/mol. The van der Waals surface area contributed by atoms with Crippen LogP contribution >= 0.6 is 27.5 Å². The van der Waals surface area contributed by atoms with E-state index in [4.69, 9.17) is 16.0 Å². The van der Waals surface area contributed by atoms with Crippen molar-refractivity contribution >= 4 is 44.2 Å². The van der Waals surface area contributed by atoms with Crippen molar-refractivity contribution in [3.63, 3.8) is 0 Å². The van der Waals surface area contributed by atoms with E-state index in [0.29, 0.717) is 17.8 Å². The fraction of sp³-hybridized carbons (Fsp3) is 0.0625. The molecule has 0 saturated carbocycles. The number of hydrogen-bond donors (Lipinski definition) is 1. The number of nitrogens with one attached hydrogen (secondary N) is 1. The SMILES string of the molecule is O=c1cc(CNc2ccc(F)cc2Cl)c2ccc(Br)cc2o1. The molecular weight excluding hydrogens is 373 g/mol. The standard InChI is InChI=1S/C16H10BrClFNO2/c17-10-1-3-12-9(5-16(21)22-15(12)6-10)8-20-14-4-2-11(19)7-13(14)18/h1-7,20H,8H2. The van der Waals surface area contributed by atoms with Gasteiger partial charge in [0, 0.05) is 22.5 Å². The molecule has 3 aromatic rings. The van der Waals surface area contributed by atoms with Crippen molar-refractivity contribution in [1.29, 1.82) is 0 Å². The average molecular weight is 383 g/mol. The molecule has 0 saturated heterocycles. The molecule has 3 nitrogen and oxygen atoms in total. The van der Waals surface area contributed by atoms with Crippen LogP contribution in [0, 0.1) is 5.82 Å². The summed E-state index contributed by atoms with van der Waals surface area (Å²) >= 11 is 9.32. The molecular formula is C16H10BrClFNO2. The molecule has 0 fully saturated rings. The van der Waals surface area contributed by atoms with Crippen molar-refractivity contribution in [2.24, 2.45) is 0 Å². The molecule has 0 unspecified atom stereocenters. The number of fused-ring (bicyclic) bond motifs is 1. The minimum Gasteiger partial charge on any atom is -0.423 e. The summed E-state index contributed by atoms with van der Waals surface area (Å²) in [6.07, 6.45) is 0. The van der Waals surface area contributed by atoms with Gasteiger partial charge in [-0.1, -0.05) is 27.5 Å². The molecule has 2 aromatic carbocycles. The molecule has 0 spiro atoms. The summed E-state index contributed by atoms with van der Waals surface area (Å²) in [6, 6.07) is 11.0. The van der Waals surface area contributed by atoms with E-state index in [-0.39, 0.29) is 5.02 Å². The van der Waals surface area contributed by atoms with Gasteiger partial charge in [-0.25, -0.2) is 9.18 Å². The lowest BCUT2D eigenvalue weighted by Crippen LogP contribution is -2.06. The van der Waals surface area contributed by atoms with E-state index in [0.717, 1.165) is 15.4 Å². The predicted octanol–water partition coefficient (Wildman–Crippen LogP) is 4.96. The second kappa shape index (κ2) is 6.10. The van der Waals surface area contributed by atoms with E-state index in [1.165, 1.54) is 18.2 Å². The summed E-state index contributed by atoms with van der Waals surface area (Å²) in [4.78, 5) is 11.7. The highest BCUT2D eigenvalue weighted by atomic mass is 79.9. The van der Waals surface area contributed by atoms with Crippen LogP contribution in [0.2, 0.25) is 5.02 Å². The molecule has 0 radical (unpaired) electrons. The van der Waals surface area contributed by atoms with Crippen LogP contribution in [-0.2, 0) is 6.54 Å². The Kier molecular flexibility index (Phi) is 4.18. The molecule has 3 rings (SSSR count). The summed E-state index contributed by atoms with van der Waals surface area (Å²) in [6.45, 7) is 0.370. The Hall–Kier alpha value is -1.85. The van der Waals surface area contributed by atoms with Crippen molar-refractivity contribution in [3.05, 3.63) is 73.8 Å². The molecule has 0 aliphatic rings. The van der Waals surface area contributed by atoms with Gasteiger partial charge in [0.15, 0.2) is 0 Å². The molecule has 6 heteroatoms. The number of halogens is 3. The Labute approximate surface area is 138 Å². The molecule has 1 N–H and O–H groups in total. The minimum absolute atomic E-state index is 0.287. The number of hydrogen-bond acceptors (Lipinski definition) is 3. The van der Waals surface area contributed by atoms with Gasteiger partial charge in [0.2, 0.25) is 0 Å². The Balaban J connectivity index is 1.95. The van der Waals surface area contributed by atoms with Crippen LogP contribution in [0.4, 0.5) is 10.1 Å². The lowest BCUT2D eigenvalue weighted by atomic mass is 10.1. The molecule has 1 aromatic heterocycles. The average Bonchev–Trinajstić information content (AvgIpc) is 2.45. The Morgan fingerprint density at radius 3 is 2.77 bits per heavy atom. The maximum Gasteiger partial charge on any atom is 0.336 e. The second-order valence-corrected chi connectivity index (χ2v) is 6.03. The topological polar surface area (TPSA) is 42.2 Å². The quantitative estimate of drug-likeness (QED) is 0.651. The largest absolute Gasteiger partial charge is 0.423 e. The third-order valence-corrected chi connectivity index (χ3v) is 4.00. The van der Waals surface area contributed by atoms with Crippen molar-refractivity contribution in [1.82, 2.24) is 0 Å². The van der Waals surface area contributed by atoms with Gasteiger partial charge in [0.05, 0.1) is 10.7 Å². The zero-order chi connectivity index (χ0) is 15.7. The molecule has 1 heterocycles. The molecule has 0 bridgehead atoms. The molecule has 0 aliphatic carbocycles. The zero-order valence-corrected chi connectivity index (χ0v) is 13.5. The van der Waals surface area contributed by atoms with E-state index in [9.17, 15) is 9.18 Å². The number of anilines is 1. The van der Waals surface area contributed by atoms with Gasteiger partial charge in [0.1, 0.15) is 11.4 Å². The van der Waals surface area contributed by atoms with Gasteiger partial charge in [-0.15, -0.1) is 0 Å². The van der Waals surface area contributed by atoms with Gasteiger partial charge >= 0.3 is 5.63 Å². The van der Waals surface area contributed by atoms with Crippen LogP contribution in [0.15, 0.2) is 56.1 Å². The Bertz CT molecular complexity index is 910. The smallest absolute Gasteiger partial charge is 0.336 e. The van der Waals surface area contributed by atoms with Gasteiger partial charge in [-0.3, -0.25) is 0 Å². The molecule has 112 valence electrons. The first-order valence-corrected chi connectivity index (χ1v) is 7.61. The maximum absolute atomic E-state index is 13.0. The van der Waals surface area contributed by atoms with Crippen molar-refractivity contribution in [3.8, 4) is 0 Å². The highest BCUT2D eigenvalue weighted by Gasteiger charge is 2.07. The Morgan fingerprint density at radius 1 is 1.18 bits per heavy atom. The third-order valence-electron chi connectivity index (χ3n) is 3.19. The highest BCUT2D eigenvalue weighted by Crippen LogP contribution is 2.25. The summed E-state index contributed by atoms with van der Waals surface area (Å²) in [5.74, 6) is -0.397. The first kappa shape index (κ1) is 15.1. The first-order valence-electron chi connectivity index (χ1n) is 6.44. The molecule has 0 atom stereocenters. The van der Waals surface area contributed by atoms with Crippen molar-refractivity contribution < 1.29 is 8.81 Å². The number of rotatable bonds is 3. The molecule has 22 heavy (non-hydrogen) atoms. The van der Waals surface area contributed by atoms with Gasteiger partial charge in [0.25, 0.3) is 0 Å². The van der Waals surface area contributed by atoms with E-state index in [1.54, 1.807) is 12.1 Å². The zero-order valence-electron chi connectivity index (χ0n) is 11.2. The molecule has 0 aliphatic heterocycles. The lowest BCUT2D eigenvalue weighted by Gasteiger charge is -2.10. The van der Waals surface area contributed by atoms with Gasteiger partial charge < -0.3 is 9.73 Å². The van der Waals surface area contributed by atoms with Crippen LogP contribution < -0.4 is 10.9 Å². The highest BCUT2D eigenvalue weighted by molar-refractivity contribution is 9.10. The summed E-state index contributed by atoms with van der Waals surface area (Å²) in [7, 11) is 0. The van der Waals surface area contributed by atoms with E-state index >= 15 is 0 Å². The van der Waals surface area contributed by atoms with E-state index < -0.39 is 11.4 Å². The first-order chi connectivity index (χ1) is 10.5. The van der Waals surface area contributed by atoms with Gasteiger partial charge in [-0.05, 0) is 42.0 Å². The fourth-order valence-electron chi connectivity index (χ4n) is 2.17. The van der Waals surface area contributed by atoms with Crippen LogP contribution in [-0.4, -0.2) is 0 Å². The Morgan fingerprint density at radius 2 is 2.00 bits per heavy atom. The van der Waals surface area contributed by atoms with Crippen LogP contribution in [0.5, 0.6) is 0 Å². The maximum atomic E-state index is 13.0. The monoisotopic (exact) mass is 381 g/mol. The molecule has 0 amide bonds. The third kappa shape index (κ3) is 3.15. The van der Waals surface area contributed by atoms with Crippen molar-refractivity contribution in [2.75, 3.05) is 5.32 Å². The van der Waals surface area contributed by atoms with E-state index in [1.807, 2.05) is 12.1 Å². The normalized spacial score (nSPS) is 10.9. The second-order valence-electron chi connectivity index (χ2n) is 4.71. The fourth-order valence-corrected chi connectivity index (χ4v) is 2.75. The van der Waals surface area contributed by atoms with Crippen LogP contribution in [0.1, 0.15) is 5.56 Å².